The molecule has 0 aliphatic rings. The summed E-state index contributed by atoms with van der Waals surface area (Å²) in [5.74, 6) is -0.542. The summed E-state index contributed by atoms with van der Waals surface area (Å²) in [6.45, 7) is 1.30. The highest BCUT2D eigenvalue weighted by Gasteiger charge is 2.20. The zero-order valence-electron chi connectivity index (χ0n) is 13.7. The number of nitrogens with zero attached hydrogens (tertiary/aromatic N) is 3. The second-order valence-corrected chi connectivity index (χ2v) is 5.37. The van der Waals surface area contributed by atoms with Crippen LogP contribution in [0.2, 0.25) is 0 Å². The van der Waals surface area contributed by atoms with Gasteiger partial charge >= 0.3 is 0 Å². The third kappa shape index (κ3) is 3.36. The molecule has 25 heavy (non-hydrogen) atoms. The second-order valence-electron chi connectivity index (χ2n) is 5.37. The van der Waals surface area contributed by atoms with Gasteiger partial charge in [-0.1, -0.05) is 0 Å². The lowest BCUT2D eigenvalue weighted by atomic mass is 10.2. The van der Waals surface area contributed by atoms with Crippen LogP contribution in [0.25, 0.3) is 17.1 Å². The molecule has 3 heterocycles. The molecule has 3 aromatic heterocycles. The Balaban J connectivity index is 2.03. The van der Waals surface area contributed by atoms with Crippen LogP contribution in [0.5, 0.6) is 0 Å². The van der Waals surface area contributed by atoms with Gasteiger partial charge in [-0.15, -0.1) is 0 Å². The van der Waals surface area contributed by atoms with Crippen molar-refractivity contribution < 1.29 is 14.0 Å². The maximum absolute atomic E-state index is 12.6. The molecule has 3 aromatic rings. The molecule has 0 bridgehead atoms. The van der Waals surface area contributed by atoms with Crippen LogP contribution in [0.15, 0.2) is 35.2 Å². The van der Waals surface area contributed by atoms with Crippen molar-refractivity contribution in [3.63, 3.8) is 0 Å². The van der Waals surface area contributed by atoms with Crippen molar-refractivity contribution in [2.45, 2.75) is 6.42 Å². The lowest BCUT2D eigenvalue weighted by Crippen LogP contribution is -2.28. The van der Waals surface area contributed by atoms with E-state index in [2.05, 4.69) is 20.6 Å². The SMILES string of the molecule is CNCCCNC(=O)c1cc(-c2ccco2)nc2c(C(N)=O)ncn12. The van der Waals surface area contributed by atoms with Gasteiger partial charge in [0.15, 0.2) is 17.1 Å². The monoisotopic (exact) mass is 342 g/mol. The van der Waals surface area contributed by atoms with Crippen molar-refractivity contribution in [3.8, 4) is 11.5 Å². The molecule has 0 radical (unpaired) electrons. The van der Waals surface area contributed by atoms with Gasteiger partial charge in [0.25, 0.3) is 11.8 Å². The predicted octanol–water partition coefficient (Wildman–Crippen LogP) is 0.427. The number of furan rings is 1. The summed E-state index contributed by atoms with van der Waals surface area (Å²) in [6.07, 6.45) is 3.65. The number of rotatable bonds is 7. The molecular weight excluding hydrogens is 324 g/mol. The molecule has 0 saturated carbocycles. The van der Waals surface area contributed by atoms with Gasteiger partial charge in [-0.2, -0.15) is 0 Å². The Morgan fingerprint density at radius 2 is 2.20 bits per heavy atom. The highest BCUT2D eigenvalue weighted by atomic mass is 16.3. The Bertz CT molecular complexity index is 900. The van der Waals surface area contributed by atoms with E-state index >= 15 is 0 Å². The van der Waals surface area contributed by atoms with E-state index < -0.39 is 5.91 Å². The number of aromatic nitrogens is 3. The number of nitrogens with one attached hydrogen (secondary N) is 2. The second kappa shape index (κ2) is 7.14. The van der Waals surface area contributed by atoms with Crippen LogP contribution in [0.4, 0.5) is 0 Å². The fourth-order valence-electron chi connectivity index (χ4n) is 2.43. The molecule has 2 amide bonds. The maximum atomic E-state index is 12.6. The molecule has 0 saturated heterocycles. The quantitative estimate of drug-likeness (QED) is 0.534. The summed E-state index contributed by atoms with van der Waals surface area (Å²) < 4.78 is 6.79. The number of hydrogen-bond acceptors (Lipinski definition) is 6. The third-order valence-electron chi connectivity index (χ3n) is 3.63. The van der Waals surface area contributed by atoms with Crippen LogP contribution in [0.1, 0.15) is 27.4 Å². The van der Waals surface area contributed by atoms with Crippen molar-refractivity contribution in [1.29, 1.82) is 0 Å². The van der Waals surface area contributed by atoms with Crippen LogP contribution in [0.3, 0.4) is 0 Å². The van der Waals surface area contributed by atoms with Crippen LogP contribution < -0.4 is 16.4 Å². The van der Waals surface area contributed by atoms with E-state index in [1.807, 2.05) is 7.05 Å². The Morgan fingerprint density at radius 3 is 2.88 bits per heavy atom. The number of imidazole rings is 1. The predicted molar refractivity (Wildman–Crippen MR) is 90.1 cm³/mol. The van der Waals surface area contributed by atoms with Crippen LogP contribution in [0, 0.1) is 0 Å². The molecule has 3 rings (SSSR count). The topological polar surface area (TPSA) is 128 Å². The van der Waals surface area contributed by atoms with E-state index in [1.54, 1.807) is 18.2 Å². The van der Waals surface area contributed by atoms with E-state index in [1.165, 1.54) is 17.0 Å². The number of primary amides is 1. The number of carbonyl (C=O) groups is 2. The van der Waals surface area contributed by atoms with Crippen molar-refractivity contribution in [2.24, 2.45) is 5.73 Å². The van der Waals surface area contributed by atoms with E-state index in [9.17, 15) is 9.59 Å². The summed E-state index contributed by atoms with van der Waals surface area (Å²) in [4.78, 5) is 32.5. The summed E-state index contributed by atoms with van der Waals surface area (Å²) in [5.41, 5.74) is 6.26. The lowest BCUT2D eigenvalue weighted by Gasteiger charge is -2.09. The molecule has 4 N–H and O–H groups in total. The molecule has 0 fully saturated rings. The Hall–Kier alpha value is -3.20. The van der Waals surface area contributed by atoms with Crippen molar-refractivity contribution >= 4 is 17.5 Å². The van der Waals surface area contributed by atoms with Crippen LogP contribution in [-0.4, -0.2) is 46.3 Å². The molecule has 0 aliphatic heterocycles. The summed E-state index contributed by atoms with van der Waals surface area (Å²) in [5, 5.41) is 5.85. The van der Waals surface area contributed by atoms with E-state index in [-0.39, 0.29) is 17.2 Å². The molecule has 9 nitrogen and oxygen atoms in total. The molecule has 9 heteroatoms. The van der Waals surface area contributed by atoms with Crippen molar-refractivity contribution in [2.75, 3.05) is 20.1 Å². The smallest absolute Gasteiger partial charge is 0.271 e. The van der Waals surface area contributed by atoms with Gasteiger partial charge in [0.05, 0.1) is 6.26 Å². The van der Waals surface area contributed by atoms with Crippen molar-refractivity contribution in [1.82, 2.24) is 25.0 Å². The molecule has 0 unspecified atom stereocenters. The molecule has 0 aromatic carbocycles. The number of fused-ring (bicyclic) bond motifs is 1. The summed E-state index contributed by atoms with van der Waals surface area (Å²) >= 11 is 0. The van der Waals surface area contributed by atoms with E-state index in [0.29, 0.717) is 23.7 Å². The number of amides is 2. The Labute approximate surface area is 143 Å². The lowest BCUT2D eigenvalue weighted by molar-refractivity contribution is 0.0945. The minimum Gasteiger partial charge on any atom is -0.463 e. The first kappa shape index (κ1) is 16.7. The van der Waals surface area contributed by atoms with Gasteiger partial charge in [-0.05, 0) is 38.2 Å². The van der Waals surface area contributed by atoms with Gasteiger partial charge in [0.2, 0.25) is 0 Å². The van der Waals surface area contributed by atoms with Crippen LogP contribution >= 0.6 is 0 Å². The standard InChI is InChI=1S/C16H18N6O3/c1-18-5-3-6-19-16(24)11-8-10(12-4-2-7-25-12)21-15-13(14(17)23)20-9-22(11)15/h2,4,7-9,18H,3,5-6H2,1H3,(H2,17,23)(H,19,24). The molecule has 0 aliphatic carbocycles. The zero-order valence-corrected chi connectivity index (χ0v) is 13.7. The first-order chi connectivity index (χ1) is 12.1. The molecular formula is C16H18N6O3. The number of nitrogens with two attached hydrogens (primary N) is 1. The fraction of sp³-hybridized carbons (Fsp3) is 0.250. The van der Waals surface area contributed by atoms with Gasteiger partial charge in [-0.25, -0.2) is 9.97 Å². The highest BCUT2D eigenvalue weighted by molar-refractivity contribution is 5.99. The Kier molecular flexibility index (Phi) is 4.75. The van der Waals surface area contributed by atoms with Crippen LogP contribution in [-0.2, 0) is 0 Å². The molecule has 130 valence electrons. The average Bonchev–Trinajstić information content (AvgIpc) is 3.26. The van der Waals surface area contributed by atoms with Gasteiger partial charge in [0.1, 0.15) is 17.7 Å². The van der Waals surface area contributed by atoms with E-state index in [0.717, 1.165) is 13.0 Å². The van der Waals surface area contributed by atoms with Gasteiger partial charge in [0, 0.05) is 6.54 Å². The summed E-state index contributed by atoms with van der Waals surface area (Å²) in [7, 11) is 1.85. The first-order valence-corrected chi connectivity index (χ1v) is 7.76. The van der Waals surface area contributed by atoms with Gasteiger partial charge in [-0.3, -0.25) is 14.0 Å². The minimum absolute atomic E-state index is 0.00219. The average molecular weight is 342 g/mol. The number of hydrogen-bond donors (Lipinski definition) is 3. The summed E-state index contributed by atoms with van der Waals surface area (Å²) in [6, 6.07) is 5.02. The number of carbonyl (C=O) groups excluding carboxylic acids is 2. The largest absolute Gasteiger partial charge is 0.463 e. The van der Waals surface area contributed by atoms with Gasteiger partial charge < -0.3 is 20.8 Å². The Morgan fingerprint density at radius 1 is 1.36 bits per heavy atom. The van der Waals surface area contributed by atoms with Crippen molar-refractivity contribution in [3.05, 3.63) is 42.2 Å². The maximum Gasteiger partial charge on any atom is 0.271 e. The highest BCUT2D eigenvalue weighted by Crippen LogP contribution is 2.21. The van der Waals surface area contributed by atoms with E-state index in [4.69, 9.17) is 10.2 Å². The fourth-order valence-corrected chi connectivity index (χ4v) is 2.43. The normalized spacial score (nSPS) is 10.9. The molecule has 0 spiro atoms. The third-order valence-corrected chi connectivity index (χ3v) is 3.63. The molecule has 0 atom stereocenters. The minimum atomic E-state index is -0.716. The zero-order chi connectivity index (χ0) is 17.8. The first-order valence-electron chi connectivity index (χ1n) is 7.76.